The number of hydrogen-bond donors (Lipinski definition) is 2. The van der Waals surface area contributed by atoms with Crippen LogP contribution in [0.25, 0.3) is 10.9 Å². The van der Waals surface area contributed by atoms with E-state index in [0.717, 1.165) is 16.6 Å². The number of rotatable bonds is 3. The first kappa shape index (κ1) is 12.2. The van der Waals surface area contributed by atoms with Crippen LogP contribution in [0, 0.1) is 0 Å². The Balaban J connectivity index is 1.90. The van der Waals surface area contributed by atoms with Crippen molar-refractivity contribution in [1.29, 1.82) is 0 Å². The molecule has 0 spiro atoms. The number of ether oxygens (including phenoxy) is 1. The third kappa shape index (κ3) is 2.21. The minimum Gasteiger partial charge on any atom is -0.497 e. The summed E-state index contributed by atoms with van der Waals surface area (Å²) >= 11 is 0. The molecule has 0 bridgehead atoms. The molecule has 3 aromatic rings. The second-order valence-electron chi connectivity index (χ2n) is 4.32. The van der Waals surface area contributed by atoms with Gasteiger partial charge in [0.05, 0.1) is 24.5 Å². The minimum absolute atomic E-state index is 0.183. The van der Waals surface area contributed by atoms with Crippen LogP contribution >= 0.6 is 0 Å². The van der Waals surface area contributed by atoms with Crippen molar-refractivity contribution in [3.63, 3.8) is 0 Å². The molecule has 0 saturated carbocycles. The summed E-state index contributed by atoms with van der Waals surface area (Å²) in [7, 11) is 1.57. The molecule has 0 atom stereocenters. The molecule has 3 rings (SSSR count). The number of benzene rings is 2. The first-order chi connectivity index (χ1) is 9.78. The molecule has 5 heteroatoms. The maximum absolute atomic E-state index is 12.3. The van der Waals surface area contributed by atoms with Gasteiger partial charge in [-0.15, -0.1) is 0 Å². The molecule has 1 heterocycles. The molecule has 1 amide bonds. The molecule has 0 aliphatic carbocycles. The maximum Gasteiger partial charge on any atom is 0.255 e. The lowest BCUT2D eigenvalue weighted by Crippen LogP contribution is -2.12. The van der Waals surface area contributed by atoms with E-state index in [2.05, 4.69) is 15.5 Å². The van der Waals surface area contributed by atoms with Crippen LogP contribution in [-0.2, 0) is 0 Å². The number of carbonyl (C=O) groups is 1. The van der Waals surface area contributed by atoms with Crippen molar-refractivity contribution in [2.45, 2.75) is 0 Å². The lowest BCUT2D eigenvalue weighted by atomic mass is 10.1. The van der Waals surface area contributed by atoms with Crippen LogP contribution in [-0.4, -0.2) is 23.2 Å². The van der Waals surface area contributed by atoms with Gasteiger partial charge in [0.1, 0.15) is 5.75 Å². The summed E-state index contributed by atoms with van der Waals surface area (Å²) in [6.45, 7) is 0. The molecule has 100 valence electrons. The Kier molecular flexibility index (Phi) is 3.09. The van der Waals surface area contributed by atoms with Gasteiger partial charge in [-0.2, -0.15) is 5.10 Å². The monoisotopic (exact) mass is 267 g/mol. The number of anilines is 1. The minimum atomic E-state index is -0.183. The van der Waals surface area contributed by atoms with E-state index in [1.165, 1.54) is 0 Å². The number of aromatic amines is 1. The molecule has 5 nitrogen and oxygen atoms in total. The Bertz CT molecular complexity index is 764. The summed E-state index contributed by atoms with van der Waals surface area (Å²) in [5.41, 5.74) is 2.15. The number of nitrogens with one attached hydrogen (secondary N) is 2. The normalized spacial score (nSPS) is 10.4. The van der Waals surface area contributed by atoms with Crippen LogP contribution in [0.3, 0.4) is 0 Å². The predicted molar refractivity (Wildman–Crippen MR) is 77.0 cm³/mol. The number of carbonyl (C=O) groups excluding carboxylic acids is 1. The molecule has 0 radical (unpaired) electrons. The van der Waals surface area contributed by atoms with Gasteiger partial charge in [0.2, 0.25) is 0 Å². The van der Waals surface area contributed by atoms with Gasteiger partial charge in [0.15, 0.2) is 0 Å². The first-order valence-electron chi connectivity index (χ1n) is 6.15. The standard InChI is InChI=1S/C15H13N3O2/c1-20-11-5-2-4-10(8-11)15(19)17-13-6-3-7-14-12(13)9-16-18-14/h2-9H,1H3,(H,16,18)(H,17,19). The van der Waals surface area contributed by atoms with Crippen LogP contribution in [0.15, 0.2) is 48.7 Å². The molecule has 20 heavy (non-hydrogen) atoms. The topological polar surface area (TPSA) is 67.0 Å². The third-order valence-corrected chi connectivity index (χ3v) is 3.06. The molecule has 1 aromatic heterocycles. The molecule has 0 aliphatic heterocycles. The first-order valence-corrected chi connectivity index (χ1v) is 6.15. The molecule has 0 saturated heterocycles. The van der Waals surface area contributed by atoms with Gasteiger partial charge < -0.3 is 10.1 Å². The van der Waals surface area contributed by atoms with Crippen LogP contribution < -0.4 is 10.1 Å². The number of aromatic nitrogens is 2. The molecule has 2 N–H and O–H groups in total. The number of H-pyrrole nitrogens is 1. The van der Waals surface area contributed by atoms with E-state index in [-0.39, 0.29) is 5.91 Å². The summed E-state index contributed by atoms with van der Waals surface area (Å²) in [4.78, 5) is 12.3. The zero-order valence-corrected chi connectivity index (χ0v) is 10.9. The largest absolute Gasteiger partial charge is 0.497 e. The van der Waals surface area contributed by atoms with Gasteiger partial charge in [-0.25, -0.2) is 0 Å². The zero-order chi connectivity index (χ0) is 13.9. The van der Waals surface area contributed by atoms with Gasteiger partial charge in [-0.1, -0.05) is 12.1 Å². The van der Waals surface area contributed by atoms with Crippen LogP contribution in [0.2, 0.25) is 0 Å². The summed E-state index contributed by atoms with van der Waals surface area (Å²) in [6.07, 6.45) is 1.69. The van der Waals surface area contributed by atoms with Crippen molar-refractivity contribution >= 4 is 22.5 Å². The fourth-order valence-corrected chi connectivity index (χ4v) is 2.04. The number of amides is 1. The van der Waals surface area contributed by atoms with Crippen molar-refractivity contribution in [3.05, 3.63) is 54.2 Å². The molecule has 0 aliphatic rings. The highest BCUT2D eigenvalue weighted by molar-refractivity contribution is 6.08. The molecule has 0 fully saturated rings. The average Bonchev–Trinajstić information content (AvgIpc) is 2.97. The third-order valence-electron chi connectivity index (χ3n) is 3.06. The van der Waals surface area contributed by atoms with E-state index < -0.39 is 0 Å². The molecule has 0 unspecified atom stereocenters. The maximum atomic E-state index is 12.3. The summed E-state index contributed by atoms with van der Waals surface area (Å²) in [5, 5.41) is 10.6. The molecular weight excluding hydrogens is 254 g/mol. The summed E-state index contributed by atoms with van der Waals surface area (Å²) in [6, 6.07) is 12.6. The molecular formula is C15H13N3O2. The van der Waals surface area contributed by atoms with E-state index in [1.807, 2.05) is 18.2 Å². The highest BCUT2D eigenvalue weighted by atomic mass is 16.5. The van der Waals surface area contributed by atoms with Crippen molar-refractivity contribution in [2.24, 2.45) is 0 Å². The van der Waals surface area contributed by atoms with Crippen molar-refractivity contribution < 1.29 is 9.53 Å². The second-order valence-corrected chi connectivity index (χ2v) is 4.32. The Labute approximate surface area is 115 Å². The lowest BCUT2D eigenvalue weighted by molar-refractivity contribution is 0.102. The van der Waals surface area contributed by atoms with Crippen LogP contribution in [0.1, 0.15) is 10.4 Å². The van der Waals surface area contributed by atoms with E-state index >= 15 is 0 Å². The summed E-state index contributed by atoms with van der Waals surface area (Å²) in [5.74, 6) is 0.469. The Hall–Kier alpha value is -2.82. The van der Waals surface area contributed by atoms with Gasteiger partial charge in [-0.3, -0.25) is 9.89 Å². The Morgan fingerprint density at radius 1 is 1.25 bits per heavy atom. The van der Waals surface area contributed by atoms with E-state index in [1.54, 1.807) is 37.6 Å². The Morgan fingerprint density at radius 3 is 2.95 bits per heavy atom. The summed E-state index contributed by atoms with van der Waals surface area (Å²) < 4.78 is 5.12. The average molecular weight is 267 g/mol. The predicted octanol–water partition coefficient (Wildman–Crippen LogP) is 2.82. The highest BCUT2D eigenvalue weighted by Crippen LogP contribution is 2.22. The van der Waals surface area contributed by atoms with Crippen molar-refractivity contribution in [2.75, 3.05) is 12.4 Å². The van der Waals surface area contributed by atoms with Gasteiger partial charge in [-0.05, 0) is 30.3 Å². The number of nitrogens with zero attached hydrogens (tertiary/aromatic N) is 1. The van der Waals surface area contributed by atoms with E-state index in [0.29, 0.717) is 11.3 Å². The van der Waals surface area contributed by atoms with Crippen molar-refractivity contribution in [1.82, 2.24) is 10.2 Å². The quantitative estimate of drug-likeness (QED) is 0.766. The van der Waals surface area contributed by atoms with E-state index in [4.69, 9.17) is 4.74 Å². The van der Waals surface area contributed by atoms with Crippen LogP contribution in [0.5, 0.6) is 5.75 Å². The van der Waals surface area contributed by atoms with Gasteiger partial charge in [0, 0.05) is 10.9 Å². The lowest BCUT2D eigenvalue weighted by Gasteiger charge is -2.07. The fraction of sp³-hybridized carbons (Fsp3) is 0.0667. The number of methoxy groups -OCH3 is 1. The number of hydrogen-bond acceptors (Lipinski definition) is 3. The van der Waals surface area contributed by atoms with Gasteiger partial charge >= 0.3 is 0 Å². The van der Waals surface area contributed by atoms with Crippen LogP contribution in [0.4, 0.5) is 5.69 Å². The molecule has 2 aromatic carbocycles. The highest BCUT2D eigenvalue weighted by Gasteiger charge is 2.09. The van der Waals surface area contributed by atoms with Gasteiger partial charge in [0.25, 0.3) is 5.91 Å². The SMILES string of the molecule is COc1cccc(C(=O)Nc2cccc3[nH]ncc23)c1. The zero-order valence-electron chi connectivity index (χ0n) is 10.9. The van der Waals surface area contributed by atoms with Crippen molar-refractivity contribution in [3.8, 4) is 5.75 Å². The van der Waals surface area contributed by atoms with E-state index in [9.17, 15) is 4.79 Å². The number of fused-ring (bicyclic) bond motifs is 1. The Morgan fingerprint density at radius 2 is 2.10 bits per heavy atom. The smallest absolute Gasteiger partial charge is 0.255 e. The second kappa shape index (κ2) is 5.05. The fourth-order valence-electron chi connectivity index (χ4n) is 2.04.